The Hall–Kier alpha value is -2.30. The first-order valence-electron chi connectivity index (χ1n) is 7.80. The summed E-state index contributed by atoms with van der Waals surface area (Å²) in [5.41, 5.74) is 2.14. The fourth-order valence-corrected chi connectivity index (χ4v) is 2.08. The summed E-state index contributed by atoms with van der Waals surface area (Å²) in [6.45, 7) is 3.15. The molecule has 2 rings (SSSR count). The smallest absolute Gasteiger partial charge is 0.229 e. The Balaban J connectivity index is 1.94. The van der Waals surface area contributed by atoms with Crippen LogP contribution in [0, 0.1) is 0 Å². The van der Waals surface area contributed by atoms with Crippen molar-refractivity contribution in [2.45, 2.75) is 26.2 Å². The first-order valence-corrected chi connectivity index (χ1v) is 7.80. The standard InChI is InChI=1S/C17H25N5/c1-4-5-6-12-18-16-11-13-19-17(21-16)20-14-7-9-15(10-8-14)22(2)3/h7-11,13H,4-6,12H2,1-3H3,(H2,18,19,20,21). The molecule has 0 radical (unpaired) electrons. The maximum Gasteiger partial charge on any atom is 0.229 e. The predicted molar refractivity (Wildman–Crippen MR) is 94.1 cm³/mol. The van der Waals surface area contributed by atoms with Gasteiger partial charge in [-0.05, 0) is 36.8 Å². The van der Waals surface area contributed by atoms with Crippen molar-refractivity contribution in [1.82, 2.24) is 9.97 Å². The summed E-state index contributed by atoms with van der Waals surface area (Å²) in [5, 5.41) is 6.56. The van der Waals surface area contributed by atoms with E-state index in [2.05, 4.69) is 44.6 Å². The molecule has 0 fully saturated rings. The minimum Gasteiger partial charge on any atom is -0.378 e. The van der Waals surface area contributed by atoms with Crippen molar-refractivity contribution < 1.29 is 0 Å². The van der Waals surface area contributed by atoms with Crippen LogP contribution in [0.15, 0.2) is 36.5 Å². The molecule has 5 nitrogen and oxygen atoms in total. The molecule has 0 atom stereocenters. The monoisotopic (exact) mass is 299 g/mol. The van der Waals surface area contributed by atoms with Crippen LogP contribution in [0.4, 0.5) is 23.1 Å². The Bertz CT molecular complexity index is 566. The topological polar surface area (TPSA) is 53.1 Å². The van der Waals surface area contributed by atoms with Crippen molar-refractivity contribution in [3.05, 3.63) is 36.5 Å². The maximum atomic E-state index is 4.48. The molecule has 1 aromatic heterocycles. The molecule has 1 aromatic carbocycles. The van der Waals surface area contributed by atoms with E-state index in [4.69, 9.17) is 0 Å². The molecule has 0 aliphatic rings. The fraction of sp³-hybridized carbons (Fsp3) is 0.412. The lowest BCUT2D eigenvalue weighted by atomic mass is 10.2. The molecule has 2 aromatic rings. The number of aromatic nitrogens is 2. The zero-order valence-electron chi connectivity index (χ0n) is 13.6. The van der Waals surface area contributed by atoms with Crippen molar-refractivity contribution in [2.75, 3.05) is 36.2 Å². The van der Waals surface area contributed by atoms with Crippen molar-refractivity contribution >= 4 is 23.1 Å². The quantitative estimate of drug-likeness (QED) is 0.724. The molecular weight excluding hydrogens is 274 g/mol. The van der Waals surface area contributed by atoms with Crippen molar-refractivity contribution in [1.29, 1.82) is 0 Å². The third kappa shape index (κ3) is 4.91. The summed E-state index contributed by atoms with van der Waals surface area (Å²) in [5.74, 6) is 1.47. The normalized spacial score (nSPS) is 10.3. The van der Waals surface area contributed by atoms with Crippen molar-refractivity contribution in [2.24, 2.45) is 0 Å². The highest BCUT2D eigenvalue weighted by Crippen LogP contribution is 2.18. The summed E-state index contributed by atoms with van der Waals surface area (Å²) in [4.78, 5) is 10.8. The van der Waals surface area contributed by atoms with Gasteiger partial charge in [-0.3, -0.25) is 0 Å². The van der Waals surface area contributed by atoms with Gasteiger partial charge in [0.2, 0.25) is 5.95 Å². The molecule has 0 saturated carbocycles. The van der Waals surface area contributed by atoms with Gasteiger partial charge in [0.25, 0.3) is 0 Å². The molecule has 22 heavy (non-hydrogen) atoms. The van der Waals surface area contributed by atoms with Crippen LogP contribution in [0.5, 0.6) is 0 Å². The lowest BCUT2D eigenvalue weighted by molar-refractivity contribution is 0.742. The molecule has 0 aliphatic carbocycles. The SMILES string of the molecule is CCCCCNc1ccnc(Nc2ccc(N(C)C)cc2)n1. The number of nitrogens with one attached hydrogen (secondary N) is 2. The Morgan fingerprint density at radius 2 is 1.82 bits per heavy atom. The second-order valence-corrected chi connectivity index (χ2v) is 5.47. The van der Waals surface area contributed by atoms with E-state index in [1.807, 2.05) is 32.3 Å². The number of hydrogen-bond acceptors (Lipinski definition) is 5. The first kappa shape index (κ1) is 16.1. The van der Waals surface area contributed by atoms with Gasteiger partial charge in [-0.2, -0.15) is 4.98 Å². The van der Waals surface area contributed by atoms with Gasteiger partial charge in [0.05, 0.1) is 0 Å². The molecule has 0 aliphatic heterocycles. The van der Waals surface area contributed by atoms with Crippen LogP contribution in [0.1, 0.15) is 26.2 Å². The van der Waals surface area contributed by atoms with E-state index in [0.717, 1.165) is 30.2 Å². The molecule has 1 heterocycles. The molecular formula is C17H25N5. The number of unbranched alkanes of at least 4 members (excludes halogenated alkanes) is 2. The Labute approximate surface area is 132 Å². The van der Waals surface area contributed by atoms with E-state index >= 15 is 0 Å². The Kier molecular flexibility index (Phi) is 6.01. The summed E-state index contributed by atoms with van der Waals surface area (Å²) < 4.78 is 0. The number of rotatable bonds is 8. The highest BCUT2D eigenvalue weighted by molar-refractivity contribution is 5.59. The molecule has 0 spiro atoms. The first-order chi connectivity index (χ1) is 10.7. The zero-order valence-corrected chi connectivity index (χ0v) is 13.6. The molecule has 2 N–H and O–H groups in total. The highest BCUT2D eigenvalue weighted by Gasteiger charge is 2.01. The summed E-state index contributed by atoms with van der Waals surface area (Å²) in [6, 6.07) is 10.1. The lowest BCUT2D eigenvalue weighted by Gasteiger charge is -2.13. The number of anilines is 4. The molecule has 118 valence electrons. The van der Waals surface area contributed by atoms with E-state index in [9.17, 15) is 0 Å². The highest BCUT2D eigenvalue weighted by atomic mass is 15.1. The minimum atomic E-state index is 0.609. The number of hydrogen-bond donors (Lipinski definition) is 2. The average molecular weight is 299 g/mol. The largest absolute Gasteiger partial charge is 0.378 e. The summed E-state index contributed by atoms with van der Waals surface area (Å²) >= 11 is 0. The fourth-order valence-electron chi connectivity index (χ4n) is 2.08. The third-order valence-electron chi connectivity index (χ3n) is 3.38. The van der Waals surface area contributed by atoms with Gasteiger partial charge >= 0.3 is 0 Å². The van der Waals surface area contributed by atoms with Gasteiger partial charge in [-0.25, -0.2) is 4.98 Å². The van der Waals surface area contributed by atoms with Crippen LogP contribution in [0.25, 0.3) is 0 Å². The molecule has 0 amide bonds. The van der Waals surface area contributed by atoms with E-state index in [0.29, 0.717) is 5.95 Å². The van der Waals surface area contributed by atoms with Gasteiger partial charge in [-0.15, -0.1) is 0 Å². The van der Waals surface area contributed by atoms with Crippen LogP contribution >= 0.6 is 0 Å². The van der Waals surface area contributed by atoms with Crippen LogP contribution in [0.3, 0.4) is 0 Å². The molecule has 0 saturated heterocycles. The molecule has 5 heteroatoms. The van der Waals surface area contributed by atoms with Crippen LogP contribution < -0.4 is 15.5 Å². The van der Waals surface area contributed by atoms with E-state index in [1.165, 1.54) is 12.8 Å². The maximum absolute atomic E-state index is 4.48. The molecule has 0 unspecified atom stereocenters. The average Bonchev–Trinajstić information content (AvgIpc) is 2.52. The lowest BCUT2D eigenvalue weighted by Crippen LogP contribution is -2.08. The van der Waals surface area contributed by atoms with Crippen LogP contribution in [-0.2, 0) is 0 Å². The second kappa shape index (κ2) is 8.22. The predicted octanol–water partition coefficient (Wildman–Crippen LogP) is 3.89. The van der Waals surface area contributed by atoms with Gasteiger partial charge in [0.1, 0.15) is 5.82 Å². The Morgan fingerprint density at radius 1 is 1.05 bits per heavy atom. The Morgan fingerprint density at radius 3 is 2.50 bits per heavy atom. The van der Waals surface area contributed by atoms with Gasteiger partial charge in [-0.1, -0.05) is 19.8 Å². The number of nitrogens with zero attached hydrogens (tertiary/aromatic N) is 3. The van der Waals surface area contributed by atoms with Gasteiger partial charge in [0.15, 0.2) is 0 Å². The van der Waals surface area contributed by atoms with Crippen molar-refractivity contribution in [3.63, 3.8) is 0 Å². The van der Waals surface area contributed by atoms with Gasteiger partial charge in [0, 0.05) is 38.2 Å². The van der Waals surface area contributed by atoms with Crippen LogP contribution in [0.2, 0.25) is 0 Å². The molecule has 0 bridgehead atoms. The number of benzene rings is 1. The minimum absolute atomic E-state index is 0.609. The third-order valence-corrected chi connectivity index (χ3v) is 3.38. The second-order valence-electron chi connectivity index (χ2n) is 5.47. The van der Waals surface area contributed by atoms with Gasteiger partial charge < -0.3 is 15.5 Å². The van der Waals surface area contributed by atoms with E-state index in [-0.39, 0.29) is 0 Å². The zero-order chi connectivity index (χ0) is 15.8. The summed E-state index contributed by atoms with van der Waals surface area (Å²) in [7, 11) is 4.05. The van der Waals surface area contributed by atoms with E-state index < -0.39 is 0 Å². The van der Waals surface area contributed by atoms with Crippen molar-refractivity contribution in [3.8, 4) is 0 Å². The van der Waals surface area contributed by atoms with Crippen LogP contribution in [-0.4, -0.2) is 30.6 Å². The van der Waals surface area contributed by atoms with E-state index in [1.54, 1.807) is 6.20 Å². The summed E-state index contributed by atoms with van der Waals surface area (Å²) in [6.07, 6.45) is 5.39.